The van der Waals surface area contributed by atoms with Crippen molar-refractivity contribution in [1.82, 2.24) is 0 Å². The van der Waals surface area contributed by atoms with E-state index in [4.69, 9.17) is 0 Å². The van der Waals surface area contributed by atoms with E-state index in [1.54, 1.807) is 17.4 Å². The number of rotatable bonds is 0. The second kappa shape index (κ2) is 3.17. The van der Waals surface area contributed by atoms with Crippen LogP contribution >= 0.6 is 11.3 Å². The molecule has 0 atom stereocenters. The van der Waals surface area contributed by atoms with Crippen LogP contribution in [0, 0.1) is 0 Å². The number of fused-ring (bicyclic) bond motifs is 2. The third-order valence-electron chi connectivity index (χ3n) is 2.52. The van der Waals surface area contributed by atoms with Gasteiger partial charge in [0, 0.05) is 10.1 Å². The lowest BCUT2D eigenvalue weighted by atomic mass is 10.1. The molecule has 0 N–H and O–H groups in total. The molecule has 0 bridgehead atoms. The fourth-order valence-corrected chi connectivity index (χ4v) is 2.54. The van der Waals surface area contributed by atoms with Crippen LogP contribution in [0.15, 0.2) is 52.6 Å². The third kappa shape index (κ3) is 1.34. The summed E-state index contributed by atoms with van der Waals surface area (Å²) in [6.07, 6.45) is 0. The highest BCUT2D eigenvalue weighted by Gasteiger charge is 1.99. The summed E-state index contributed by atoms with van der Waals surface area (Å²) in [7, 11) is 0. The first kappa shape index (κ1) is 8.62. The van der Waals surface area contributed by atoms with Gasteiger partial charge in [0.25, 0.3) is 0 Å². The Kier molecular flexibility index (Phi) is 1.82. The Labute approximate surface area is 90.6 Å². The maximum absolute atomic E-state index is 11.6. The van der Waals surface area contributed by atoms with Crippen LogP contribution in [0.1, 0.15) is 0 Å². The molecule has 0 amide bonds. The van der Waals surface area contributed by atoms with Crippen LogP contribution in [0.5, 0.6) is 0 Å². The lowest BCUT2D eigenvalue weighted by Crippen LogP contribution is -1.97. The molecule has 0 saturated heterocycles. The summed E-state index contributed by atoms with van der Waals surface area (Å²) >= 11 is 1.70. The minimum absolute atomic E-state index is 0.100. The van der Waals surface area contributed by atoms with Crippen LogP contribution < -0.4 is 5.43 Å². The second-order valence-corrected chi connectivity index (χ2v) is 4.43. The average Bonchev–Trinajstić information content (AvgIpc) is 2.27. The maximum Gasteiger partial charge on any atom is 0.186 e. The fraction of sp³-hybridized carbons (Fsp3) is 0. The van der Waals surface area contributed by atoms with E-state index in [1.165, 1.54) is 4.70 Å². The molecule has 0 saturated carbocycles. The first-order valence-electron chi connectivity index (χ1n) is 4.75. The molecule has 0 unspecified atom stereocenters. The van der Waals surface area contributed by atoms with Crippen molar-refractivity contribution in [3.05, 3.63) is 58.1 Å². The Morgan fingerprint density at radius 1 is 0.933 bits per heavy atom. The SMILES string of the molecule is O=c1cccc2cc3scccc3cc12. The zero-order valence-electron chi connectivity index (χ0n) is 7.94. The summed E-state index contributed by atoms with van der Waals surface area (Å²) < 4.78 is 1.22. The normalized spacial score (nSPS) is 10.9. The van der Waals surface area contributed by atoms with E-state index >= 15 is 0 Å². The van der Waals surface area contributed by atoms with Crippen molar-refractivity contribution in [2.45, 2.75) is 0 Å². The van der Waals surface area contributed by atoms with E-state index in [-0.39, 0.29) is 5.43 Å². The lowest BCUT2D eigenvalue weighted by Gasteiger charge is -1.99. The van der Waals surface area contributed by atoms with Gasteiger partial charge in [-0.25, -0.2) is 0 Å². The van der Waals surface area contributed by atoms with Gasteiger partial charge in [-0.05, 0) is 34.4 Å². The van der Waals surface area contributed by atoms with E-state index in [0.717, 1.165) is 16.2 Å². The van der Waals surface area contributed by atoms with Gasteiger partial charge in [-0.2, -0.15) is 0 Å². The van der Waals surface area contributed by atoms with Crippen molar-refractivity contribution in [3.63, 3.8) is 0 Å². The predicted molar refractivity (Wildman–Crippen MR) is 65.6 cm³/mol. The monoisotopic (exact) mass is 212 g/mol. The number of hydrogen-bond acceptors (Lipinski definition) is 2. The van der Waals surface area contributed by atoms with Crippen molar-refractivity contribution in [2.24, 2.45) is 0 Å². The van der Waals surface area contributed by atoms with Crippen molar-refractivity contribution in [2.75, 3.05) is 0 Å². The van der Waals surface area contributed by atoms with E-state index < -0.39 is 0 Å². The van der Waals surface area contributed by atoms with Gasteiger partial charge < -0.3 is 0 Å². The molecular weight excluding hydrogens is 204 g/mol. The van der Waals surface area contributed by atoms with Gasteiger partial charge in [0.15, 0.2) is 5.43 Å². The van der Waals surface area contributed by atoms with Gasteiger partial charge >= 0.3 is 0 Å². The minimum atomic E-state index is 0.100. The Morgan fingerprint density at radius 3 is 2.73 bits per heavy atom. The van der Waals surface area contributed by atoms with E-state index in [2.05, 4.69) is 11.4 Å². The number of hydrogen-bond donors (Lipinski definition) is 0. The minimum Gasteiger partial charge on any atom is -0.289 e. The molecule has 2 aromatic carbocycles. The van der Waals surface area contributed by atoms with Crippen LogP contribution in [-0.4, -0.2) is 0 Å². The molecule has 1 nitrogen and oxygen atoms in total. The molecule has 0 aliphatic rings. The largest absolute Gasteiger partial charge is 0.289 e. The molecule has 1 aromatic heterocycles. The highest BCUT2D eigenvalue weighted by Crippen LogP contribution is 2.23. The fourth-order valence-electron chi connectivity index (χ4n) is 1.78. The predicted octanol–water partition coefficient (Wildman–Crippen LogP) is 3.41. The molecule has 0 spiro atoms. The van der Waals surface area contributed by atoms with Crippen molar-refractivity contribution >= 4 is 32.2 Å². The smallest absolute Gasteiger partial charge is 0.186 e. The second-order valence-electron chi connectivity index (χ2n) is 3.48. The van der Waals surface area contributed by atoms with Crippen LogP contribution in [0.4, 0.5) is 0 Å². The summed E-state index contributed by atoms with van der Waals surface area (Å²) in [6.45, 7) is 0. The molecule has 1 heterocycles. The average molecular weight is 212 g/mol. The molecule has 72 valence electrons. The van der Waals surface area contributed by atoms with Gasteiger partial charge in [0.05, 0.1) is 0 Å². The first-order chi connectivity index (χ1) is 7.34. The van der Waals surface area contributed by atoms with Crippen molar-refractivity contribution in [1.29, 1.82) is 0 Å². The number of benzene rings is 2. The van der Waals surface area contributed by atoms with Gasteiger partial charge in [-0.15, -0.1) is 11.3 Å². The van der Waals surface area contributed by atoms with Crippen LogP contribution in [-0.2, 0) is 0 Å². The Morgan fingerprint density at radius 2 is 1.80 bits per heavy atom. The van der Waals surface area contributed by atoms with Gasteiger partial charge in [0.1, 0.15) is 0 Å². The third-order valence-corrected chi connectivity index (χ3v) is 3.42. The van der Waals surface area contributed by atoms with Crippen molar-refractivity contribution in [3.8, 4) is 0 Å². The van der Waals surface area contributed by atoms with Crippen LogP contribution in [0.2, 0.25) is 0 Å². The van der Waals surface area contributed by atoms with Gasteiger partial charge in [-0.3, -0.25) is 4.79 Å². The lowest BCUT2D eigenvalue weighted by molar-refractivity contribution is 1.68. The Balaban J connectivity index is 2.59. The molecule has 3 rings (SSSR count). The van der Waals surface area contributed by atoms with E-state index in [1.807, 2.05) is 30.3 Å². The van der Waals surface area contributed by atoms with Crippen LogP contribution in [0.25, 0.3) is 20.9 Å². The molecule has 2 heteroatoms. The molecular formula is C13H8OS. The highest BCUT2D eigenvalue weighted by atomic mass is 32.1. The zero-order valence-corrected chi connectivity index (χ0v) is 8.75. The summed E-state index contributed by atoms with van der Waals surface area (Å²) in [4.78, 5) is 11.6. The Bertz CT molecular complexity index is 697. The van der Waals surface area contributed by atoms with Gasteiger partial charge in [-0.1, -0.05) is 24.3 Å². The van der Waals surface area contributed by atoms with E-state index in [0.29, 0.717) is 0 Å². The first-order valence-corrected chi connectivity index (χ1v) is 5.63. The van der Waals surface area contributed by atoms with Crippen molar-refractivity contribution < 1.29 is 0 Å². The zero-order chi connectivity index (χ0) is 10.3. The summed E-state index contributed by atoms with van der Waals surface area (Å²) in [5.41, 5.74) is 0.100. The summed E-state index contributed by atoms with van der Waals surface area (Å²) in [5, 5.41) is 5.02. The quantitative estimate of drug-likeness (QED) is 0.522. The molecule has 15 heavy (non-hydrogen) atoms. The highest BCUT2D eigenvalue weighted by molar-refractivity contribution is 7.16. The molecule has 0 fully saturated rings. The van der Waals surface area contributed by atoms with Gasteiger partial charge in [0.2, 0.25) is 0 Å². The maximum atomic E-state index is 11.6. The van der Waals surface area contributed by atoms with E-state index in [9.17, 15) is 4.79 Å². The molecule has 0 radical (unpaired) electrons. The summed E-state index contributed by atoms with van der Waals surface area (Å²) in [6, 6.07) is 13.5. The molecule has 0 aliphatic carbocycles. The molecule has 0 aliphatic heterocycles. The topological polar surface area (TPSA) is 17.1 Å². The van der Waals surface area contributed by atoms with Crippen LogP contribution in [0.3, 0.4) is 0 Å². The summed E-state index contributed by atoms with van der Waals surface area (Å²) in [5.74, 6) is 0. The standard InChI is InChI=1S/C13H8OS/c14-12-5-1-3-9-8-13-10(7-11(9)12)4-2-6-15-13/h1-8H. The molecule has 3 aromatic rings. The Hall–Kier alpha value is -1.67.